The Labute approximate surface area is 126 Å². The maximum atomic E-state index is 12.3. The van der Waals surface area contributed by atoms with Crippen molar-refractivity contribution in [2.75, 3.05) is 0 Å². The fourth-order valence-electron chi connectivity index (χ4n) is 2.97. The number of hydrogen-bond donors (Lipinski definition) is 1. The molecule has 0 saturated heterocycles. The summed E-state index contributed by atoms with van der Waals surface area (Å²) in [4.78, 5) is 13.5. The van der Waals surface area contributed by atoms with Crippen molar-refractivity contribution in [2.24, 2.45) is 0 Å². The van der Waals surface area contributed by atoms with Crippen LogP contribution in [0.5, 0.6) is 0 Å². The summed E-state index contributed by atoms with van der Waals surface area (Å²) < 4.78 is 0. The van der Waals surface area contributed by atoms with E-state index in [1.807, 2.05) is 6.92 Å². The van der Waals surface area contributed by atoms with Crippen molar-refractivity contribution >= 4 is 17.7 Å². The minimum absolute atomic E-state index is 0.0318. The molecule has 0 bridgehead atoms. The molecule has 1 atom stereocenters. The maximum Gasteiger partial charge on any atom is 0.233 e. The number of carbonyl (C=O) groups is 1. The Morgan fingerprint density at radius 2 is 1.75 bits per heavy atom. The zero-order chi connectivity index (χ0) is 14.7. The van der Waals surface area contributed by atoms with Crippen molar-refractivity contribution in [3.8, 4) is 0 Å². The third kappa shape index (κ3) is 3.78. The SMILES string of the molecule is Cc1cc(C)c(SC(C)C(=O)NC2CCCC2)c(C)c1. The second-order valence-corrected chi connectivity index (χ2v) is 7.33. The maximum absolute atomic E-state index is 12.3. The molecule has 110 valence electrons. The Kier molecular flexibility index (Phi) is 5.14. The molecule has 2 rings (SSSR count). The average molecular weight is 291 g/mol. The van der Waals surface area contributed by atoms with Gasteiger partial charge in [-0.25, -0.2) is 0 Å². The highest BCUT2D eigenvalue weighted by molar-refractivity contribution is 8.00. The van der Waals surface area contributed by atoms with E-state index in [0.717, 1.165) is 12.8 Å². The van der Waals surface area contributed by atoms with Crippen LogP contribution in [0.4, 0.5) is 0 Å². The van der Waals surface area contributed by atoms with Gasteiger partial charge in [-0.05, 0) is 51.7 Å². The van der Waals surface area contributed by atoms with Crippen molar-refractivity contribution in [1.82, 2.24) is 5.32 Å². The number of amides is 1. The first kappa shape index (κ1) is 15.4. The van der Waals surface area contributed by atoms with Crippen LogP contribution in [0.15, 0.2) is 17.0 Å². The van der Waals surface area contributed by atoms with E-state index >= 15 is 0 Å². The smallest absolute Gasteiger partial charge is 0.233 e. The Bertz CT molecular complexity index is 469. The van der Waals surface area contributed by atoms with Gasteiger partial charge in [-0.1, -0.05) is 30.5 Å². The van der Waals surface area contributed by atoms with Gasteiger partial charge >= 0.3 is 0 Å². The van der Waals surface area contributed by atoms with Crippen LogP contribution >= 0.6 is 11.8 Å². The van der Waals surface area contributed by atoms with E-state index in [-0.39, 0.29) is 11.2 Å². The van der Waals surface area contributed by atoms with E-state index in [1.165, 1.54) is 34.4 Å². The van der Waals surface area contributed by atoms with E-state index < -0.39 is 0 Å². The van der Waals surface area contributed by atoms with Gasteiger partial charge in [0.1, 0.15) is 0 Å². The lowest BCUT2D eigenvalue weighted by atomic mass is 10.1. The topological polar surface area (TPSA) is 29.1 Å². The summed E-state index contributed by atoms with van der Waals surface area (Å²) in [6.45, 7) is 8.38. The largest absolute Gasteiger partial charge is 0.352 e. The normalized spacial score (nSPS) is 17.2. The number of aryl methyl sites for hydroxylation is 3. The lowest BCUT2D eigenvalue weighted by molar-refractivity contribution is -0.120. The Balaban J connectivity index is 2.00. The number of hydrogen-bond acceptors (Lipinski definition) is 2. The highest BCUT2D eigenvalue weighted by atomic mass is 32.2. The minimum Gasteiger partial charge on any atom is -0.352 e. The molecule has 3 heteroatoms. The fraction of sp³-hybridized carbons (Fsp3) is 0.588. The number of carbonyl (C=O) groups excluding carboxylic acids is 1. The Hall–Kier alpha value is -0.960. The van der Waals surface area contributed by atoms with Crippen LogP contribution in [-0.4, -0.2) is 17.2 Å². The highest BCUT2D eigenvalue weighted by Gasteiger charge is 2.22. The molecule has 1 aliphatic rings. The number of thioether (sulfide) groups is 1. The van der Waals surface area contributed by atoms with Gasteiger partial charge in [0.2, 0.25) is 5.91 Å². The highest BCUT2D eigenvalue weighted by Crippen LogP contribution is 2.31. The van der Waals surface area contributed by atoms with E-state index in [9.17, 15) is 4.79 Å². The Morgan fingerprint density at radius 3 is 2.30 bits per heavy atom. The second kappa shape index (κ2) is 6.66. The van der Waals surface area contributed by atoms with Crippen LogP contribution in [0, 0.1) is 20.8 Å². The summed E-state index contributed by atoms with van der Waals surface area (Å²) in [6, 6.07) is 4.79. The van der Waals surface area contributed by atoms with E-state index in [4.69, 9.17) is 0 Å². The first-order chi connectivity index (χ1) is 9.47. The Morgan fingerprint density at radius 1 is 1.20 bits per heavy atom. The molecule has 0 spiro atoms. The third-order valence-electron chi connectivity index (χ3n) is 3.97. The van der Waals surface area contributed by atoms with E-state index in [1.54, 1.807) is 11.8 Å². The molecule has 2 nitrogen and oxygen atoms in total. The monoisotopic (exact) mass is 291 g/mol. The third-order valence-corrected chi connectivity index (χ3v) is 5.42. The molecule has 1 aliphatic carbocycles. The first-order valence-corrected chi connectivity index (χ1v) is 8.40. The molecule has 1 aromatic carbocycles. The predicted octanol–water partition coefficient (Wildman–Crippen LogP) is 4.15. The minimum atomic E-state index is -0.0318. The van der Waals surface area contributed by atoms with Crippen molar-refractivity contribution in [1.29, 1.82) is 0 Å². The lowest BCUT2D eigenvalue weighted by Crippen LogP contribution is -2.37. The summed E-state index contributed by atoms with van der Waals surface area (Å²) >= 11 is 1.68. The summed E-state index contributed by atoms with van der Waals surface area (Å²) in [6.07, 6.45) is 4.79. The molecule has 1 aromatic rings. The van der Waals surface area contributed by atoms with Gasteiger partial charge in [0.15, 0.2) is 0 Å². The van der Waals surface area contributed by atoms with Crippen LogP contribution < -0.4 is 5.32 Å². The van der Waals surface area contributed by atoms with Crippen molar-refractivity contribution in [2.45, 2.75) is 69.6 Å². The molecule has 1 N–H and O–H groups in total. The zero-order valence-electron chi connectivity index (χ0n) is 13.0. The first-order valence-electron chi connectivity index (χ1n) is 7.52. The van der Waals surface area contributed by atoms with Gasteiger partial charge in [0.05, 0.1) is 5.25 Å². The molecule has 0 aliphatic heterocycles. The van der Waals surface area contributed by atoms with E-state index in [2.05, 4.69) is 38.2 Å². The van der Waals surface area contributed by atoms with Gasteiger partial charge in [-0.15, -0.1) is 11.8 Å². The quantitative estimate of drug-likeness (QED) is 0.844. The summed E-state index contributed by atoms with van der Waals surface area (Å²) in [5.74, 6) is 0.182. The van der Waals surface area contributed by atoms with Gasteiger partial charge in [-0.3, -0.25) is 4.79 Å². The average Bonchev–Trinajstić information content (AvgIpc) is 2.86. The molecular weight excluding hydrogens is 266 g/mol. The molecule has 0 radical (unpaired) electrons. The van der Waals surface area contributed by atoms with Crippen molar-refractivity contribution < 1.29 is 4.79 Å². The fourth-order valence-corrected chi connectivity index (χ4v) is 3.99. The summed E-state index contributed by atoms with van der Waals surface area (Å²) in [7, 11) is 0. The number of nitrogens with one attached hydrogen (secondary N) is 1. The molecule has 0 heterocycles. The van der Waals surface area contributed by atoms with Crippen LogP contribution in [0.25, 0.3) is 0 Å². The second-order valence-electron chi connectivity index (χ2n) is 5.98. The van der Waals surface area contributed by atoms with Gasteiger partial charge in [-0.2, -0.15) is 0 Å². The van der Waals surface area contributed by atoms with Crippen LogP contribution in [0.1, 0.15) is 49.3 Å². The molecule has 0 aromatic heterocycles. The zero-order valence-corrected chi connectivity index (χ0v) is 13.8. The van der Waals surface area contributed by atoms with Crippen molar-refractivity contribution in [3.05, 3.63) is 28.8 Å². The molecule has 1 fully saturated rings. The van der Waals surface area contributed by atoms with E-state index in [0.29, 0.717) is 6.04 Å². The van der Waals surface area contributed by atoms with Crippen LogP contribution in [-0.2, 0) is 4.79 Å². The summed E-state index contributed by atoms with van der Waals surface area (Å²) in [5, 5.41) is 3.16. The number of benzene rings is 1. The molecule has 20 heavy (non-hydrogen) atoms. The molecule has 1 amide bonds. The molecule has 1 unspecified atom stereocenters. The standard InChI is InChI=1S/C17H25NOS/c1-11-9-12(2)16(13(3)10-11)20-14(4)17(19)18-15-7-5-6-8-15/h9-10,14-15H,5-8H2,1-4H3,(H,18,19). The van der Waals surface area contributed by atoms with Crippen LogP contribution in [0.3, 0.4) is 0 Å². The molecule has 1 saturated carbocycles. The van der Waals surface area contributed by atoms with Gasteiger partial charge in [0, 0.05) is 10.9 Å². The lowest BCUT2D eigenvalue weighted by Gasteiger charge is -2.18. The van der Waals surface area contributed by atoms with Crippen molar-refractivity contribution in [3.63, 3.8) is 0 Å². The van der Waals surface area contributed by atoms with Gasteiger partial charge < -0.3 is 5.32 Å². The predicted molar refractivity (Wildman–Crippen MR) is 86.4 cm³/mol. The van der Waals surface area contributed by atoms with Crippen LogP contribution in [0.2, 0.25) is 0 Å². The number of rotatable bonds is 4. The van der Waals surface area contributed by atoms with Gasteiger partial charge in [0.25, 0.3) is 0 Å². The summed E-state index contributed by atoms with van der Waals surface area (Å²) in [5.41, 5.74) is 3.83. The molecular formula is C17H25NOS.